The number of carbonyl (C=O) groups excluding carboxylic acids is 1. The molecule has 7 atom stereocenters. The summed E-state index contributed by atoms with van der Waals surface area (Å²) in [5.41, 5.74) is 0. The van der Waals surface area contributed by atoms with Gasteiger partial charge in [0.15, 0.2) is 0 Å². The molecule has 34 heavy (non-hydrogen) atoms. The molecule has 5 saturated heterocycles. The van der Waals surface area contributed by atoms with Crippen LogP contribution in [-0.2, 0) is 0 Å². The Morgan fingerprint density at radius 1 is 0.971 bits per heavy atom. The molecule has 5 heterocycles. The summed E-state index contributed by atoms with van der Waals surface area (Å²) in [6.45, 7) is 10.6. The van der Waals surface area contributed by atoms with Crippen molar-refractivity contribution in [3.8, 4) is 0 Å². The van der Waals surface area contributed by atoms with E-state index in [0.717, 1.165) is 31.2 Å². The highest BCUT2D eigenvalue weighted by atomic mass is 32.2. The second kappa shape index (κ2) is 12.1. The van der Waals surface area contributed by atoms with Crippen LogP contribution in [0.2, 0.25) is 0 Å². The van der Waals surface area contributed by atoms with E-state index in [9.17, 15) is 4.79 Å². The molecule has 1 saturated carbocycles. The van der Waals surface area contributed by atoms with Crippen LogP contribution >= 0.6 is 11.8 Å². The highest BCUT2D eigenvalue weighted by Gasteiger charge is 2.41. The molecule has 6 fully saturated rings. The van der Waals surface area contributed by atoms with Gasteiger partial charge in [-0.2, -0.15) is 11.8 Å². The van der Waals surface area contributed by atoms with Gasteiger partial charge in [0.05, 0.1) is 6.17 Å². The van der Waals surface area contributed by atoms with Gasteiger partial charge in [-0.05, 0) is 82.5 Å². The number of carbonyl (C=O) groups is 1. The predicted octanol–water partition coefficient (Wildman–Crippen LogP) is 2.39. The Morgan fingerprint density at radius 2 is 1.85 bits per heavy atom. The Balaban J connectivity index is 1.01. The van der Waals surface area contributed by atoms with Crippen LogP contribution in [0, 0.1) is 11.8 Å². The summed E-state index contributed by atoms with van der Waals surface area (Å²) in [5, 5.41) is 10.9. The molecular formula is C26H48N6OS. The Bertz CT molecular complexity index is 653. The minimum atomic E-state index is 0.0521. The predicted molar refractivity (Wildman–Crippen MR) is 141 cm³/mol. The van der Waals surface area contributed by atoms with Crippen LogP contribution < -0.4 is 16.0 Å². The van der Waals surface area contributed by atoms with Crippen molar-refractivity contribution in [2.75, 3.05) is 65.2 Å². The maximum Gasteiger partial charge on any atom is 0.315 e. The molecule has 0 radical (unpaired) electrons. The number of hydrogen-bond acceptors (Lipinski definition) is 6. The number of thioether (sulfide) groups is 1. The maximum atomic E-state index is 12.6. The normalized spacial score (nSPS) is 39.6. The van der Waals surface area contributed by atoms with E-state index in [1.54, 1.807) is 0 Å². The Kier molecular flexibility index (Phi) is 8.96. The monoisotopic (exact) mass is 492 g/mol. The van der Waals surface area contributed by atoms with Gasteiger partial charge in [-0.15, -0.1) is 0 Å². The van der Waals surface area contributed by atoms with Crippen LogP contribution in [0.25, 0.3) is 0 Å². The van der Waals surface area contributed by atoms with Crippen molar-refractivity contribution >= 4 is 17.8 Å². The maximum absolute atomic E-state index is 12.6. The van der Waals surface area contributed by atoms with Gasteiger partial charge < -0.3 is 20.9 Å². The van der Waals surface area contributed by atoms with Gasteiger partial charge in [-0.25, -0.2) is 4.79 Å². The fraction of sp³-hybridized carbons (Fsp3) is 0.962. The van der Waals surface area contributed by atoms with Crippen LogP contribution in [-0.4, -0.2) is 109 Å². The molecule has 6 rings (SSSR count). The first-order valence-corrected chi connectivity index (χ1v) is 15.5. The third-order valence-corrected chi connectivity index (χ3v) is 10.5. The topological polar surface area (TPSA) is 62.9 Å². The summed E-state index contributed by atoms with van der Waals surface area (Å²) in [4.78, 5) is 20.7. The standard InChI is InChI=1S/C26H48N6OS/c1-34-24-6-4-5-22(16-24)29-26(33)28-17-23-15-20-8-10-32(23)19-21(20)18-30-11-13-31(14-12-30)25-7-2-3-9-27-25/h20-25,27H,2-19H2,1H3,(H2,28,29,33)/t20-,21+,22?,23+,24?,25?/m1/s1. The van der Waals surface area contributed by atoms with Crippen LogP contribution in [0.5, 0.6) is 0 Å². The molecule has 2 amide bonds. The molecule has 7 nitrogen and oxygen atoms in total. The molecule has 6 aliphatic rings. The molecule has 0 spiro atoms. The molecule has 3 N–H and O–H groups in total. The SMILES string of the molecule is CSC1CCCC(NC(=O)NC[C@@H]2C[C@H]3CCN2C[C@@H]3CN2CCN(C3CCCCN3)CC2)C1. The molecule has 8 heteroatoms. The van der Waals surface area contributed by atoms with Gasteiger partial charge in [0, 0.05) is 63.1 Å². The highest BCUT2D eigenvalue weighted by molar-refractivity contribution is 7.99. The smallest absolute Gasteiger partial charge is 0.315 e. The highest BCUT2D eigenvalue weighted by Crippen LogP contribution is 2.36. The number of piperidine rings is 4. The molecule has 5 aliphatic heterocycles. The zero-order valence-electron chi connectivity index (χ0n) is 21.4. The number of fused-ring (bicyclic) bond motifs is 3. The lowest BCUT2D eigenvalue weighted by Crippen LogP contribution is -2.60. The lowest BCUT2D eigenvalue weighted by Gasteiger charge is -2.51. The minimum Gasteiger partial charge on any atom is -0.337 e. The summed E-state index contributed by atoms with van der Waals surface area (Å²) in [6.07, 6.45) is 14.3. The van der Waals surface area contributed by atoms with Crippen molar-refractivity contribution in [3.05, 3.63) is 0 Å². The molecule has 0 aromatic carbocycles. The lowest BCUT2D eigenvalue weighted by molar-refractivity contribution is -0.0205. The average Bonchev–Trinajstić information content (AvgIpc) is 2.89. The Hall–Kier alpha value is -0.540. The second-order valence-corrected chi connectivity index (χ2v) is 12.7. The molecular weight excluding hydrogens is 444 g/mol. The average molecular weight is 493 g/mol. The lowest BCUT2D eigenvalue weighted by atomic mass is 9.75. The summed E-state index contributed by atoms with van der Waals surface area (Å²) < 4.78 is 0. The van der Waals surface area contributed by atoms with Crippen molar-refractivity contribution in [2.24, 2.45) is 11.8 Å². The summed E-state index contributed by atoms with van der Waals surface area (Å²) in [7, 11) is 0. The van der Waals surface area contributed by atoms with E-state index in [1.165, 1.54) is 97.3 Å². The van der Waals surface area contributed by atoms with Gasteiger partial charge in [-0.1, -0.05) is 6.42 Å². The number of nitrogens with zero attached hydrogens (tertiary/aromatic N) is 3. The zero-order valence-corrected chi connectivity index (χ0v) is 22.2. The van der Waals surface area contributed by atoms with E-state index < -0.39 is 0 Å². The first kappa shape index (κ1) is 25.1. The Morgan fingerprint density at radius 3 is 2.59 bits per heavy atom. The number of piperazine rings is 1. The van der Waals surface area contributed by atoms with E-state index >= 15 is 0 Å². The van der Waals surface area contributed by atoms with Gasteiger partial charge in [0.25, 0.3) is 0 Å². The fourth-order valence-corrected chi connectivity index (χ4v) is 8.17. The number of rotatable bonds is 7. The summed E-state index contributed by atoms with van der Waals surface area (Å²) in [5.74, 6) is 1.64. The fourth-order valence-electron chi connectivity index (χ4n) is 7.34. The van der Waals surface area contributed by atoms with E-state index in [-0.39, 0.29) is 6.03 Å². The van der Waals surface area contributed by atoms with Gasteiger partial charge >= 0.3 is 6.03 Å². The largest absolute Gasteiger partial charge is 0.337 e. The molecule has 4 unspecified atom stereocenters. The van der Waals surface area contributed by atoms with Crippen LogP contribution in [0.4, 0.5) is 4.79 Å². The zero-order chi connectivity index (χ0) is 23.3. The van der Waals surface area contributed by atoms with Crippen molar-refractivity contribution in [3.63, 3.8) is 0 Å². The van der Waals surface area contributed by atoms with E-state index in [2.05, 4.69) is 36.9 Å². The first-order chi connectivity index (χ1) is 16.7. The molecule has 2 bridgehead atoms. The van der Waals surface area contributed by atoms with E-state index in [0.29, 0.717) is 23.5 Å². The first-order valence-electron chi connectivity index (χ1n) is 14.2. The molecule has 194 valence electrons. The van der Waals surface area contributed by atoms with Crippen LogP contribution in [0.15, 0.2) is 0 Å². The van der Waals surface area contributed by atoms with Crippen molar-refractivity contribution in [1.29, 1.82) is 0 Å². The number of hydrogen-bond donors (Lipinski definition) is 3. The summed E-state index contributed by atoms with van der Waals surface area (Å²) >= 11 is 1.95. The van der Waals surface area contributed by atoms with Crippen molar-refractivity contribution < 1.29 is 4.79 Å². The van der Waals surface area contributed by atoms with Gasteiger partial charge in [0.2, 0.25) is 0 Å². The third-order valence-electron chi connectivity index (χ3n) is 9.43. The van der Waals surface area contributed by atoms with Crippen molar-refractivity contribution in [1.82, 2.24) is 30.7 Å². The number of amides is 2. The second-order valence-electron chi connectivity index (χ2n) is 11.6. The van der Waals surface area contributed by atoms with Crippen molar-refractivity contribution in [2.45, 2.75) is 81.3 Å². The van der Waals surface area contributed by atoms with Crippen LogP contribution in [0.3, 0.4) is 0 Å². The summed E-state index contributed by atoms with van der Waals surface area (Å²) in [6, 6.07) is 0.935. The molecule has 0 aromatic heterocycles. The molecule has 1 aliphatic carbocycles. The van der Waals surface area contributed by atoms with Gasteiger partial charge in [0.1, 0.15) is 0 Å². The van der Waals surface area contributed by atoms with E-state index in [4.69, 9.17) is 0 Å². The minimum absolute atomic E-state index is 0.0521. The third kappa shape index (κ3) is 6.41. The Labute approximate surface area is 211 Å². The van der Waals surface area contributed by atoms with Gasteiger partial charge in [-0.3, -0.25) is 9.80 Å². The van der Waals surface area contributed by atoms with E-state index in [1.807, 2.05) is 11.8 Å². The number of nitrogens with one attached hydrogen (secondary N) is 3. The number of urea groups is 1. The quantitative estimate of drug-likeness (QED) is 0.507. The van der Waals surface area contributed by atoms with Crippen LogP contribution in [0.1, 0.15) is 57.8 Å². The molecule has 0 aromatic rings.